The van der Waals surface area contributed by atoms with Crippen LogP contribution in [0.15, 0.2) is 72.8 Å². The number of hydrogen-bond acceptors (Lipinski definition) is 7. The average Bonchev–Trinajstić information content (AvgIpc) is 3.35. The van der Waals surface area contributed by atoms with E-state index >= 15 is 0 Å². The van der Waals surface area contributed by atoms with E-state index in [0.717, 1.165) is 4.90 Å². The number of hydroxylamine groups is 1. The Morgan fingerprint density at radius 2 is 1.71 bits per heavy atom. The van der Waals surface area contributed by atoms with Gasteiger partial charge in [-0.2, -0.15) is 0 Å². The molecule has 3 aromatic rings. The number of fused-ring (bicyclic) bond motifs is 1. The number of benzene rings is 3. The molecule has 0 spiro atoms. The van der Waals surface area contributed by atoms with Crippen LogP contribution < -0.4 is 14.7 Å². The summed E-state index contributed by atoms with van der Waals surface area (Å²) in [6, 6.07) is 18.6. The van der Waals surface area contributed by atoms with Crippen molar-refractivity contribution in [3.8, 4) is 5.75 Å². The summed E-state index contributed by atoms with van der Waals surface area (Å²) in [6.07, 6.45) is -1.13. The fourth-order valence-corrected chi connectivity index (χ4v) is 4.63. The maximum absolute atomic E-state index is 13.7. The normalized spacial score (nSPS) is 21.6. The van der Waals surface area contributed by atoms with Gasteiger partial charge in [0.2, 0.25) is 5.91 Å². The second-order valence-corrected chi connectivity index (χ2v) is 8.24. The number of para-hydroxylation sites is 1. The summed E-state index contributed by atoms with van der Waals surface area (Å²) < 4.78 is 5.23. The number of rotatable bonds is 5. The Kier molecular flexibility index (Phi) is 5.43. The number of nitrogens with zero attached hydrogens (tertiary/aromatic N) is 3. The molecule has 2 amide bonds. The van der Waals surface area contributed by atoms with Crippen LogP contribution in [0.25, 0.3) is 0 Å². The van der Waals surface area contributed by atoms with Gasteiger partial charge >= 0.3 is 0 Å². The third-order valence-corrected chi connectivity index (χ3v) is 6.29. The van der Waals surface area contributed by atoms with Gasteiger partial charge in [0.05, 0.1) is 29.4 Å². The van der Waals surface area contributed by atoms with Gasteiger partial charge < -0.3 is 4.74 Å². The molecule has 0 unspecified atom stereocenters. The highest BCUT2D eigenvalue weighted by molar-refractivity contribution is 6.31. The molecule has 3 atom stereocenters. The van der Waals surface area contributed by atoms with Crippen LogP contribution in [-0.4, -0.2) is 30.0 Å². The lowest BCUT2D eigenvalue weighted by Crippen LogP contribution is -2.37. The number of hydrogen-bond donors (Lipinski definition) is 0. The van der Waals surface area contributed by atoms with E-state index in [1.54, 1.807) is 48.5 Å². The van der Waals surface area contributed by atoms with Gasteiger partial charge in [-0.25, -0.2) is 9.96 Å². The Balaban J connectivity index is 1.63. The molecule has 0 N–H and O–H groups in total. The van der Waals surface area contributed by atoms with Crippen LogP contribution in [0, 0.1) is 16.0 Å². The highest BCUT2D eigenvalue weighted by atomic mass is 35.5. The topological polar surface area (TPSA) is 102 Å². The third-order valence-electron chi connectivity index (χ3n) is 5.95. The second-order valence-electron chi connectivity index (χ2n) is 7.83. The molecule has 2 saturated heterocycles. The highest BCUT2D eigenvalue weighted by Gasteiger charge is 2.60. The zero-order chi connectivity index (χ0) is 24.0. The van der Waals surface area contributed by atoms with E-state index in [0.29, 0.717) is 22.7 Å². The van der Waals surface area contributed by atoms with Crippen molar-refractivity contribution < 1.29 is 24.1 Å². The molecule has 10 heteroatoms. The number of non-ortho nitro benzene ring substituents is 1. The Hall–Kier alpha value is -3.95. The van der Waals surface area contributed by atoms with Crippen molar-refractivity contribution in [1.82, 2.24) is 0 Å². The fourth-order valence-electron chi connectivity index (χ4n) is 4.40. The lowest BCUT2D eigenvalue weighted by molar-refractivity contribution is -0.384. The first-order valence-corrected chi connectivity index (χ1v) is 10.8. The van der Waals surface area contributed by atoms with E-state index in [2.05, 4.69) is 0 Å². The van der Waals surface area contributed by atoms with Crippen molar-refractivity contribution >= 4 is 40.5 Å². The summed E-state index contributed by atoms with van der Waals surface area (Å²) in [6.45, 7) is 0. The Bertz CT molecular complexity index is 1300. The van der Waals surface area contributed by atoms with Crippen molar-refractivity contribution in [3.05, 3.63) is 93.5 Å². The lowest BCUT2D eigenvalue weighted by atomic mass is 9.90. The largest absolute Gasteiger partial charge is 0.497 e. The molecule has 9 nitrogen and oxygen atoms in total. The molecule has 0 radical (unpaired) electrons. The van der Waals surface area contributed by atoms with Crippen LogP contribution in [0.3, 0.4) is 0 Å². The Morgan fingerprint density at radius 1 is 0.971 bits per heavy atom. The molecule has 34 heavy (non-hydrogen) atoms. The molecule has 0 aliphatic carbocycles. The van der Waals surface area contributed by atoms with E-state index in [9.17, 15) is 19.7 Å². The van der Waals surface area contributed by atoms with Crippen molar-refractivity contribution in [2.75, 3.05) is 17.1 Å². The summed E-state index contributed by atoms with van der Waals surface area (Å²) in [5, 5.41) is 13.1. The number of amides is 2. The number of halogens is 1. The number of carbonyl (C=O) groups excluding carboxylic acids is 2. The van der Waals surface area contributed by atoms with Gasteiger partial charge in [-0.05, 0) is 30.3 Å². The van der Waals surface area contributed by atoms with E-state index < -0.39 is 34.8 Å². The standard InChI is InChI=1S/C24H18ClN3O6/c1-33-17-9-5-8-15(12-17)26-23(29)20-21(18-13-16(28(31)32)10-11-19(18)25)27(34-22(20)24(26)30)14-6-3-2-4-7-14/h2-13,20-22H,1H3/t20-,21-,22-/m0/s1. The van der Waals surface area contributed by atoms with Crippen molar-refractivity contribution in [1.29, 1.82) is 0 Å². The van der Waals surface area contributed by atoms with Gasteiger partial charge in [0.1, 0.15) is 11.7 Å². The number of ether oxygens (including phenoxy) is 1. The molecule has 3 aromatic carbocycles. The highest BCUT2D eigenvalue weighted by Crippen LogP contribution is 2.49. The van der Waals surface area contributed by atoms with Crippen LogP contribution >= 0.6 is 11.6 Å². The third kappa shape index (κ3) is 3.46. The first-order chi connectivity index (χ1) is 16.4. The summed E-state index contributed by atoms with van der Waals surface area (Å²) >= 11 is 6.47. The maximum atomic E-state index is 13.7. The summed E-state index contributed by atoms with van der Waals surface area (Å²) in [5.41, 5.74) is 1.07. The first kappa shape index (κ1) is 21.9. The molecule has 2 aliphatic rings. The van der Waals surface area contributed by atoms with Gasteiger partial charge in [-0.3, -0.25) is 24.5 Å². The summed E-state index contributed by atoms with van der Waals surface area (Å²) in [5.74, 6) is -1.51. The predicted octanol–water partition coefficient (Wildman–Crippen LogP) is 4.31. The van der Waals surface area contributed by atoms with E-state index in [1.165, 1.54) is 30.4 Å². The first-order valence-electron chi connectivity index (χ1n) is 10.4. The number of nitro benzene ring substituents is 1. The van der Waals surface area contributed by atoms with E-state index in [1.807, 2.05) is 6.07 Å². The molecule has 172 valence electrons. The summed E-state index contributed by atoms with van der Waals surface area (Å²) in [4.78, 5) is 45.1. The van der Waals surface area contributed by atoms with Gasteiger partial charge in [0.25, 0.3) is 11.6 Å². The Labute approximate surface area is 199 Å². The number of methoxy groups -OCH3 is 1. The lowest BCUT2D eigenvalue weighted by Gasteiger charge is -2.29. The smallest absolute Gasteiger partial charge is 0.269 e. The minimum atomic E-state index is -1.13. The minimum Gasteiger partial charge on any atom is -0.497 e. The fraction of sp³-hybridized carbons (Fsp3) is 0.167. The maximum Gasteiger partial charge on any atom is 0.269 e. The van der Waals surface area contributed by atoms with E-state index in [-0.39, 0.29) is 10.7 Å². The minimum absolute atomic E-state index is 0.183. The molecular weight excluding hydrogens is 462 g/mol. The number of nitro groups is 1. The van der Waals surface area contributed by atoms with Gasteiger partial charge in [-0.15, -0.1) is 0 Å². The molecule has 2 aliphatic heterocycles. The van der Waals surface area contributed by atoms with Crippen molar-refractivity contribution in [3.63, 3.8) is 0 Å². The van der Waals surface area contributed by atoms with Crippen LogP contribution in [0.5, 0.6) is 5.75 Å². The van der Waals surface area contributed by atoms with Crippen molar-refractivity contribution in [2.24, 2.45) is 5.92 Å². The zero-order valence-corrected chi connectivity index (χ0v) is 18.6. The average molecular weight is 480 g/mol. The van der Waals surface area contributed by atoms with Crippen LogP contribution in [0.4, 0.5) is 17.1 Å². The van der Waals surface area contributed by atoms with Gasteiger partial charge in [-0.1, -0.05) is 35.9 Å². The second kappa shape index (κ2) is 8.44. The van der Waals surface area contributed by atoms with Gasteiger partial charge in [0, 0.05) is 28.8 Å². The van der Waals surface area contributed by atoms with Crippen LogP contribution in [0.2, 0.25) is 5.02 Å². The number of imide groups is 1. The molecule has 5 rings (SSSR count). The molecule has 0 bridgehead atoms. The molecule has 0 aromatic heterocycles. The monoisotopic (exact) mass is 479 g/mol. The zero-order valence-electron chi connectivity index (χ0n) is 17.8. The summed E-state index contributed by atoms with van der Waals surface area (Å²) in [7, 11) is 1.49. The molecule has 2 fully saturated rings. The Morgan fingerprint density at radius 3 is 2.41 bits per heavy atom. The molecule has 2 heterocycles. The predicted molar refractivity (Wildman–Crippen MR) is 124 cm³/mol. The van der Waals surface area contributed by atoms with Crippen LogP contribution in [0.1, 0.15) is 11.6 Å². The quantitative estimate of drug-likeness (QED) is 0.305. The number of anilines is 2. The van der Waals surface area contributed by atoms with Crippen molar-refractivity contribution in [2.45, 2.75) is 12.1 Å². The SMILES string of the molecule is COc1cccc(N2C(=O)[C@@H]3[C@H](ON(c4ccccc4)[C@H]3c3cc([N+](=O)[O-])ccc3Cl)C2=O)c1. The molecular formula is C24H18ClN3O6. The van der Waals surface area contributed by atoms with Gasteiger partial charge in [0.15, 0.2) is 6.10 Å². The molecule has 0 saturated carbocycles. The number of carbonyl (C=O) groups is 2. The van der Waals surface area contributed by atoms with E-state index in [4.69, 9.17) is 21.2 Å². The van der Waals surface area contributed by atoms with Crippen LogP contribution in [-0.2, 0) is 14.4 Å².